The zero-order valence-electron chi connectivity index (χ0n) is 23.9. The Morgan fingerprint density at radius 1 is 1.02 bits per heavy atom. The number of hydrogen-bond acceptors (Lipinski definition) is 6. The maximum atomic E-state index is 14.2. The van der Waals surface area contributed by atoms with E-state index in [-0.39, 0.29) is 17.3 Å². The molecule has 0 spiro atoms. The second-order valence-electron chi connectivity index (χ2n) is 10.8. The van der Waals surface area contributed by atoms with Crippen LogP contribution in [0, 0.1) is 24.0 Å². The number of hydrogen-bond donors (Lipinski definition) is 0. The summed E-state index contributed by atoms with van der Waals surface area (Å²) in [5, 5.41) is 11.1. The number of nitro benzene ring substituents is 1. The molecule has 214 valence electrons. The van der Waals surface area contributed by atoms with Crippen LogP contribution in [0.25, 0.3) is 17.5 Å². The summed E-state index contributed by atoms with van der Waals surface area (Å²) < 4.78 is 9.91. The van der Waals surface area contributed by atoms with Crippen LogP contribution >= 0.6 is 11.3 Å². The third-order valence-corrected chi connectivity index (χ3v) is 9.36. The van der Waals surface area contributed by atoms with E-state index in [1.807, 2.05) is 65.5 Å². The number of fused-ring (bicyclic) bond motifs is 3. The SMILES string of the molecule is COc1ccc([C@H]2C3=C(N=c4s/c(=C/c5cc(C)n(-c6ccc([N+](=O)[O-])cc6)c5C)c(=O)n42)c2ccccc2CC3)cc1. The smallest absolute Gasteiger partial charge is 0.271 e. The first-order valence-corrected chi connectivity index (χ1v) is 14.9. The number of aryl methyl sites for hydroxylation is 2. The van der Waals surface area contributed by atoms with E-state index in [4.69, 9.17) is 9.73 Å². The quantitative estimate of drug-likeness (QED) is 0.196. The molecule has 0 bridgehead atoms. The van der Waals surface area contributed by atoms with Crippen molar-refractivity contribution in [2.24, 2.45) is 4.99 Å². The molecule has 1 aliphatic carbocycles. The summed E-state index contributed by atoms with van der Waals surface area (Å²) in [6.45, 7) is 3.98. The van der Waals surface area contributed by atoms with Crippen molar-refractivity contribution >= 4 is 28.8 Å². The van der Waals surface area contributed by atoms with Crippen molar-refractivity contribution < 1.29 is 9.66 Å². The van der Waals surface area contributed by atoms with Gasteiger partial charge in [-0.2, -0.15) is 0 Å². The number of nitro groups is 1. The second-order valence-corrected chi connectivity index (χ2v) is 11.8. The zero-order valence-corrected chi connectivity index (χ0v) is 24.7. The predicted molar refractivity (Wildman–Crippen MR) is 168 cm³/mol. The molecule has 0 saturated carbocycles. The van der Waals surface area contributed by atoms with Crippen LogP contribution < -0.4 is 19.6 Å². The molecule has 43 heavy (non-hydrogen) atoms. The number of ether oxygens (including phenoxy) is 1. The van der Waals surface area contributed by atoms with Crippen LogP contribution in [0.2, 0.25) is 0 Å². The molecular formula is C34H28N4O4S. The molecule has 7 rings (SSSR count). The Morgan fingerprint density at radius 3 is 2.49 bits per heavy atom. The summed E-state index contributed by atoms with van der Waals surface area (Å²) in [6, 6.07) is 24.6. The van der Waals surface area contributed by atoms with Gasteiger partial charge in [-0.3, -0.25) is 19.5 Å². The minimum Gasteiger partial charge on any atom is -0.497 e. The van der Waals surface area contributed by atoms with E-state index >= 15 is 0 Å². The molecule has 0 fully saturated rings. The fraction of sp³-hybridized carbons (Fsp3) is 0.176. The highest BCUT2D eigenvalue weighted by atomic mass is 32.1. The summed E-state index contributed by atoms with van der Waals surface area (Å²) in [5.41, 5.74) is 9.16. The Balaban J connectivity index is 1.39. The summed E-state index contributed by atoms with van der Waals surface area (Å²) in [5.74, 6) is 0.766. The first-order chi connectivity index (χ1) is 20.8. The fourth-order valence-electron chi connectivity index (χ4n) is 6.30. The van der Waals surface area contributed by atoms with Crippen LogP contribution in [0.4, 0.5) is 5.69 Å². The molecule has 8 nitrogen and oxygen atoms in total. The summed E-state index contributed by atoms with van der Waals surface area (Å²) in [6.07, 6.45) is 3.67. The highest BCUT2D eigenvalue weighted by molar-refractivity contribution is 7.07. The van der Waals surface area contributed by atoms with Crippen LogP contribution in [-0.2, 0) is 6.42 Å². The van der Waals surface area contributed by atoms with Gasteiger partial charge < -0.3 is 9.30 Å². The van der Waals surface area contributed by atoms with Crippen molar-refractivity contribution in [3.8, 4) is 11.4 Å². The zero-order chi connectivity index (χ0) is 29.8. The van der Waals surface area contributed by atoms with Gasteiger partial charge in [0, 0.05) is 34.8 Å². The molecule has 2 aromatic heterocycles. The molecule has 0 unspecified atom stereocenters. The first kappa shape index (κ1) is 26.9. The van der Waals surface area contributed by atoms with Crippen molar-refractivity contribution in [3.63, 3.8) is 0 Å². The van der Waals surface area contributed by atoms with E-state index in [0.29, 0.717) is 9.33 Å². The van der Waals surface area contributed by atoms with Crippen LogP contribution in [0.15, 0.2) is 94.2 Å². The lowest BCUT2D eigenvalue weighted by atomic mass is 9.83. The number of non-ortho nitro benzene ring substituents is 1. The van der Waals surface area contributed by atoms with Gasteiger partial charge in [-0.1, -0.05) is 47.7 Å². The Labute approximate surface area is 251 Å². The number of thiazole rings is 1. The van der Waals surface area contributed by atoms with Crippen molar-refractivity contribution in [2.75, 3.05) is 7.11 Å². The number of methoxy groups -OCH3 is 1. The molecule has 1 atom stereocenters. The molecular weight excluding hydrogens is 560 g/mol. The van der Waals surface area contributed by atoms with Gasteiger partial charge in [-0.05, 0) is 85.4 Å². The number of benzene rings is 3. The fourth-order valence-corrected chi connectivity index (χ4v) is 7.30. The van der Waals surface area contributed by atoms with E-state index in [2.05, 4.69) is 18.2 Å². The number of nitrogens with zero attached hydrogens (tertiary/aromatic N) is 4. The third kappa shape index (κ3) is 4.44. The normalized spacial score (nSPS) is 15.9. The van der Waals surface area contributed by atoms with E-state index in [0.717, 1.165) is 63.6 Å². The van der Waals surface area contributed by atoms with Crippen molar-refractivity contribution in [2.45, 2.75) is 32.7 Å². The van der Waals surface area contributed by atoms with Crippen LogP contribution in [-0.4, -0.2) is 21.2 Å². The lowest BCUT2D eigenvalue weighted by molar-refractivity contribution is -0.384. The van der Waals surface area contributed by atoms with Crippen LogP contribution in [0.1, 0.15) is 46.1 Å². The first-order valence-electron chi connectivity index (χ1n) is 14.0. The summed E-state index contributed by atoms with van der Waals surface area (Å²) in [7, 11) is 1.65. The van der Waals surface area contributed by atoms with Gasteiger partial charge >= 0.3 is 0 Å². The van der Waals surface area contributed by atoms with Gasteiger partial charge in [0.2, 0.25) is 0 Å². The van der Waals surface area contributed by atoms with Crippen molar-refractivity contribution in [1.82, 2.24) is 9.13 Å². The number of aromatic nitrogens is 2. The van der Waals surface area contributed by atoms with Gasteiger partial charge in [0.1, 0.15) is 5.75 Å². The summed E-state index contributed by atoms with van der Waals surface area (Å²) in [4.78, 5) is 30.7. The minimum atomic E-state index is -0.403. The average molecular weight is 589 g/mol. The van der Waals surface area contributed by atoms with Crippen molar-refractivity contribution in [1.29, 1.82) is 0 Å². The van der Waals surface area contributed by atoms with Gasteiger partial charge in [0.25, 0.3) is 11.2 Å². The third-order valence-electron chi connectivity index (χ3n) is 8.38. The maximum Gasteiger partial charge on any atom is 0.271 e. The number of allylic oxidation sites excluding steroid dienone is 1. The second kappa shape index (κ2) is 10.4. The highest BCUT2D eigenvalue weighted by Crippen LogP contribution is 2.41. The molecule has 2 aliphatic rings. The largest absolute Gasteiger partial charge is 0.497 e. The maximum absolute atomic E-state index is 14.2. The van der Waals surface area contributed by atoms with Crippen LogP contribution in [0.3, 0.4) is 0 Å². The minimum absolute atomic E-state index is 0.0456. The lowest BCUT2D eigenvalue weighted by Gasteiger charge is -2.30. The van der Waals surface area contributed by atoms with Crippen molar-refractivity contribution in [3.05, 3.63) is 148 Å². The van der Waals surface area contributed by atoms with Gasteiger partial charge in [-0.25, -0.2) is 4.99 Å². The van der Waals surface area contributed by atoms with Crippen LogP contribution in [0.5, 0.6) is 5.75 Å². The van der Waals surface area contributed by atoms with Gasteiger partial charge in [0.05, 0.1) is 28.3 Å². The predicted octanol–water partition coefficient (Wildman–Crippen LogP) is 5.64. The Kier molecular flexibility index (Phi) is 6.47. The Bertz CT molecular complexity index is 2130. The molecule has 0 amide bonds. The van der Waals surface area contributed by atoms with Gasteiger partial charge in [-0.15, -0.1) is 0 Å². The van der Waals surface area contributed by atoms with E-state index in [1.54, 1.807) is 19.2 Å². The van der Waals surface area contributed by atoms with E-state index in [1.165, 1.54) is 29.0 Å². The Hall–Kier alpha value is -5.02. The van der Waals surface area contributed by atoms with E-state index < -0.39 is 4.92 Å². The van der Waals surface area contributed by atoms with Gasteiger partial charge in [0.15, 0.2) is 4.80 Å². The molecule has 0 saturated heterocycles. The molecule has 3 heterocycles. The molecule has 0 N–H and O–H groups in total. The average Bonchev–Trinajstić information content (AvgIpc) is 3.49. The standard InChI is InChI=1S/C34H28N4O4S/c1-20-18-24(21(2)36(20)25-11-13-26(14-12-25)38(40)41)19-30-33(39)37-32(23-8-15-27(42-3)16-9-23)29-17-10-22-6-4-5-7-28(22)31(29)35-34(37)43-30/h4-9,11-16,18-19,32H,10,17H2,1-3H3/b30-19+/t32-/m0/s1. The lowest BCUT2D eigenvalue weighted by Crippen LogP contribution is -2.38. The molecule has 3 aromatic carbocycles. The number of rotatable bonds is 5. The highest BCUT2D eigenvalue weighted by Gasteiger charge is 2.32. The molecule has 1 aliphatic heterocycles. The topological polar surface area (TPSA) is 91.7 Å². The monoisotopic (exact) mass is 588 g/mol. The molecule has 9 heteroatoms. The molecule has 5 aromatic rings. The van der Waals surface area contributed by atoms with E-state index in [9.17, 15) is 14.9 Å². The Morgan fingerprint density at radius 2 is 1.77 bits per heavy atom. The molecule has 0 radical (unpaired) electrons. The summed E-state index contributed by atoms with van der Waals surface area (Å²) >= 11 is 1.40.